The Morgan fingerprint density at radius 2 is 0.444 bits per heavy atom. The van der Waals surface area contributed by atoms with Gasteiger partial charge in [0, 0.05) is 19.3 Å². The van der Waals surface area contributed by atoms with Crippen molar-refractivity contribution in [2.24, 2.45) is 0 Å². The number of hydrogen-bond donors (Lipinski definition) is 0. The third kappa shape index (κ3) is 68.3. The van der Waals surface area contributed by atoms with E-state index in [1.807, 2.05) is 0 Å². The minimum atomic E-state index is -0.773. The van der Waals surface area contributed by atoms with E-state index in [0.29, 0.717) is 19.3 Å². The minimum Gasteiger partial charge on any atom is -0.462 e. The fraction of sp³-hybridized carbons (Fsp3) is 0.880. The summed E-state index contributed by atoms with van der Waals surface area (Å²) in [6, 6.07) is 0. The van der Waals surface area contributed by atoms with Gasteiger partial charge in [0.15, 0.2) is 6.10 Å². The minimum absolute atomic E-state index is 0.0701. The third-order valence-corrected chi connectivity index (χ3v) is 16.6. The van der Waals surface area contributed by atoms with E-state index in [1.165, 1.54) is 289 Å². The van der Waals surface area contributed by atoms with Gasteiger partial charge in [0.1, 0.15) is 13.2 Å². The van der Waals surface area contributed by atoms with Gasteiger partial charge in [0.05, 0.1) is 0 Å². The van der Waals surface area contributed by atoms with Gasteiger partial charge in [-0.2, -0.15) is 0 Å². The summed E-state index contributed by atoms with van der Waals surface area (Å²) >= 11 is 0. The first kappa shape index (κ1) is 78.6. The second kappa shape index (κ2) is 70.1. The van der Waals surface area contributed by atoms with Crippen molar-refractivity contribution in [3.05, 3.63) is 36.5 Å². The van der Waals surface area contributed by atoms with E-state index in [-0.39, 0.29) is 31.1 Å². The van der Waals surface area contributed by atoms with E-state index in [2.05, 4.69) is 57.2 Å². The number of unbranched alkanes of at least 4 members (excludes halogenated alkanes) is 51. The van der Waals surface area contributed by atoms with Crippen molar-refractivity contribution in [3.63, 3.8) is 0 Å². The van der Waals surface area contributed by atoms with Crippen LogP contribution in [0.25, 0.3) is 0 Å². The zero-order chi connectivity index (χ0) is 58.5. The topological polar surface area (TPSA) is 78.9 Å². The van der Waals surface area contributed by atoms with Gasteiger partial charge in [0.25, 0.3) is 0 Å². The Labute approximate surface area is 506 Å². The highest BCUT2D eigenvalue weighted by molar-refractivity contribution is 5.71. The molecule has 0 N–H and O–H groups in total. The Kier molecular flexibility index (Phi) is 68.1. The van der Waals surface area contributed by atoms with Crippen molar-refractivity contribution in [3.8, 4) is 0 Å². The first-order valence-electron chi connectivity index (χ1n) is 36.5. The molecule has 0 bridgehead atoms. The van der Waals surface area contributed by atoms with Gasteiger partial charge < -0.3 is 14.2 Å². The Balaban J connectivity index is 4.03. The van der Waals surface area contributed by atoms with Crippen LogP contribution in [0, 0.1) is 0 Å². The zero-order valence-corrected chi connectivity index (χ0v) is 54.8. The largest absolute Gasteiger partial charge is 0.462 e. The lowest BCUT2D eigenvalue weighted by Crippen LogP contribution is -2.30. The van der Waals surface area contributed by atoms with Crippen LogP contribution in [0.2, 0.25) is 0 Å². The van der Waals surface area contributed by atoms with Crippen molar-refractivity contribution >= 4 is 17.9 Å². The lowest BCUT2D eigenvalue weighted by atomic mass is 10.0. The Morgan fingerprint density at radius 3 is 0.691 bits per heavy atom. The van der Waals surface area contributed by atoms with Crippen molar-refractivity contribution < 1.29 is 28.6 Å². The molecular formula is C75H140O6. The molecule has 0 fully saturated rings. The van der Waals surface area contributed by atoms with Crippen LogP contribution in [-0.4, -0.2) is 37.2 Å². The van der Waals surface area contributed by atoms with Crippen LogP contribution in [0.3, 0.4) is 0 Å². The Morgan fingerprint density at radius 1 is 0.247 bits per heavy atom. The van der Waals surface area contributed by atoms with Crippen molar-refractivity contribution in [2.45, 2.75) is 412 Å². The normalized spacial score (nSPS) is 12.2. The molecule has 81 heavy (non-hydrogen) atoms. The third-order valence-electron chi connectivity index (χ3n) is 16.6. The maximum Gasteiger partial charge on any atom is 0.306 e. The predicted octanol–water partition coefficient (Wildman–Crippen LogP) is 25.1. The van der Waals surface area contributed by atoms with Crippen LogP contribution in [0.1, 0.15) is 406 Å². The monoisotopic (exact) mass is 1140 g/mol. The van der Waals surface area contributed by atoms with E-state index in [0.717, 1.165) is 77.0 Å². The van der Waals surface area contributed by atoms with Crippen LogP contribution in [0.4, 0.5) is 0 Å². The summed E-state index contributed by atoms with van der Waals surface area (Å²) in [5.74, 6) is -0.856. The van der Waals surface area contributed by atoms with Crippen LogP contribution in [0.15, 0.2) is 36.5 Å². The highest BCUT2D eigenvalue weighted by Crippen LogP contribution is 2.19. The molecule has 0 aromatic rings. The molecule has 0 radical (unpaired) electrons. The molecule has 0 aliphatic carbocycles. The standard InChI is InChI=1S/C75H140O6/c1-4-7-10-13-16-19-21-23-25-27-29-31-33-34-35-36-37-38-39-40-41-43-44-46-48-50-52-54-56-59-62-65-68-74(77)80-71-72(70-79-73(76)67-64-61-58-18-15-12-9-6-3)81-75(78)69-66-63-60-57-55-53-51-49-47-45-42-32-30-28-26-24-22-20-17-14-11-8-5-2/h22,24,28,30,42,45,72H,4-21,23,25-27,29,31-41,43-44,46-71H2,1-3H3/b24-22-,30-28-,45-42-. The highest BCUT2D eigenvalue weighted by Gasteiger charge is 2.19. The molecule has 0 heterocycles. The maximum atomic E-state index is 12.9. The van der Waals surface area contributed by atoms with Gasteiger partial charge in [-0.3, -0.25) is 14.4 Å². The number of esters is 3. The summed E-state index contributed by atoms with van der Waals surface area (Å²) in [5, 5.41) is 0. The molecule has 0 aliphatic rings. The second-order valence-electron chi connectivity index (χ2n) is 24.9. The maximum absolute atomic E-state index is 12.9. The number of ether oxygens (including phenoxy) is 3. The summed E-state index contributed by atoms with van der Waals surface area (Å²) in [7, 11) is 0. The fourth-order valence-electron chi connectivity index (χ4n) is 11.2. The van der Waals surface area contributed by atoms with Gasteiger partial charge in [-0.15, -0.1) is 0 Å². The smallest absolute Gasteiger partial charge is 0.306 e. The second-order valence-corrected chi connectivity index (χ2v) is 24.9. The van der Waals surface area contributed by atoms with Crippen LogP contribution >= 0.6 is 0 Å². The average Bonchev–Trinajstić information content (AvgIpc) is 3.47. The van der Waals surface area contributed by atoms with Crippen LogP contribution in [0.5, 0.6) is 0 Å². The summed E-state index contributed by atoms with van der Waals surface area (Å²) in [5.41, 5.74) is 0. The van der Waals surface area contributed by atoms with Gasteiger partial charge >= 0.3 is 17.9 Å². The highest BCUT2D eigenvalue weighted by atomic mass is 16.6. The number of rotatable bonds is 68. The van der Waals surface area contributed by atoms with Gasteiger partial charge in [-0.1, -0.05) is 365 Å². The molecule has 0 aromatic carbocycles. The average molecular weight is 1140 g/mol. The number of carbonyl (C=O) groups is 3. The molecule has 0 amide bonds. The van der Waals surface area contributed by atoms with E-state index < -0.39 is 6.10 Å². The molecule has 6 nitrogen and oxygen atoms in total. The summed E-state index contributed by atoms with van der Waals surface area (Å²) in [4.78, 5) is 38.2. The molecule has 1 atom stereocenters. The van der Waals surface area contributed by atoms with E-state index >= 15 is 0 Å². The Bertz CT molecular complexity index is 1350. The van der Waals surface area contributed by atoms with Crippen LogP contribution < -0.4 is 0 Å². The molecule has 0 rings (SSSR count). The first-order valence-corrected chi connectivity index (χ1v) is 36.5. The quantitative estimate of drug-likeness (QED) is 0.0261. The van der Waals surface area contributed by atoms with Gasteiger partial charge in [0.2, 0.25) is 0 Å². The SMILES string of the molecule is CCCCCCC/C=C\C/C=C\C/C=C\CCCCCCCCCCC(=O)OC(COC(=O)CCCCCCCCCC)COC(=O)CCCCCCCCCCCCCCCCCCCCCCCCCCCCCCCCCC. The number of allylic oxidation sites excluding steroid dienone is 6. The van der Waals surface area contributed by atoms with E-state index in [1.54, 1.807) is 0 Å². The molecule has 0 saturated heterocycles. The zero-order valence-electron chi connectivity index (χ0n) is 54.8. The van der Waals surface area contributed by atoms with E-state index in [4.69, 9.17) is 14.2 Å². The van der Waals surface area contributed by atoms with E-state index in [9.17, 15) is 14.4 Å². The number of carbonyl (C=O) groups excluding carboxylic acids is 3. The lowest BCUT2D eigenvalue weighted by Gasteiger charge is -2.18. The lowest BCUT2D eigenvalue weighted by molar-refractivity contribution is -0.167. The molecule has 0 aliphatic heterocycles. The molecule has 0 aromatic heterocycles. The Hall–Kier alpha value is -2.37. The van der Waals surface area contributed by atoms with Crippen molar-refractivity contribution in [2.75, 3.05) is 13.2 Å². The molecule has 6 heteroatoms. The first-order chi connectivity index (χ1) is 40.0. The van der Waals surface area contributed by atoms with Gasteiger partial charge in [-0.05, 0) is 57.8 Å². The van der Waals surface area contributed by atoms with Crippen LogP contribution in [-0.2, 0) is 28.6 Å². The predicted molar refractivity (Wildman–Crippen MR) is 353 cm³/mol. The fourth-order valence-corrected chi connectivity index (χ4v) is 11.2. The molecular weight excluding hydrogens is 997 g/mol. The van der Waals surface area contributed by atoms with Gasteiger partial charge in [-0.25, -0.2) is 0 Å². The summed E-state index contributed by atoms with van der Waals surface area (Å²) in [6.45, 7) is 6.66. The number of hydrogen-bond acceptors (Lipinski definition) is 6. The summed E-state index contributed by atoms with van der Waals surface area (Å²) < 4.78 is 16.9. The molecule has 476 valence electrons. The molecule has 1 unspecified atom stereocenters. The van der Waals surface area contributed by atoms with Crippen molar-refractivity contribution in [1.29, 1.82) is 0 Å². The van der Waals surface area contributed by atoms with Crippen molar-refractivity contribution in [1.82, 2.24) is 0 Å². The molecule has 0 saturated carbocycles. The summed E-state index contributed by atoms with van der Waals surface area (Å²) in [6.07, 6.45) is 87.9. The molecule has 0 spiro atoms.